The van der Waals surface area contributed by atoms with Crippen LogP contribution in [0.2, 0.25) is 0 Å². The molecular formula is C16H30N4. The van der Waals surface area contributed by atoms with Crippen LogP contribution >= 0.6 is 0 Å². The molecule has 0 unspecified atom stereocenters. The van der Waals surface area contributed by atoms with Crippen LogP contribution < -0.4 is 16.0 Å². The molecule has 0 aromatic carbocycles. The van der Waals surface area contributed by atoms with E-state index in [0.29, 0.717) is 0 Å². The van der Waals surface area contributed by atoms with E-state index in [-0.39, 0.29) is 0 Å². The second-order valence-electron chi connectivity index (χ2n) is 5.69. The fourth-order valence-corrected chi connectivity index (χ4v) is 2.72. The summed E-state index contributed by atoms with van der Waals surface area (Å²) in [7, 11) is 0. The van der Waals surface area contributed by atoms with Crippen LogP contribution in [0.1, 0.15) is 19.3 Å². The zero-order valence-electron chi connectivity index (χ0n) is 12.7. The van der Waals surface area contributed by atoms with E-state index in [2.05, 4.69) is 39.1 Å². The Morgan fingerprint density at radius 3 is 2.35 bits per heavy atom. The average Bonchev–Trinajstić information content (AvgIpc) is 2.96. The highest BCUT2D eigenvalue weighted by Gasteiger charge is 2.08. The standard InChI is InChI=1S/C16H30N4/c1-2-6-16(5-1)15-20-13-4-9-18-11-10-17-7-3-8-19-12-14-20/h1-2,5,17-19H,3-4,6-15H2. The summed E-state index contributed by atoms with van der Waals surface area (Å²) in [6, 6.07) is 0. The van der Waals surface area contributed by atoms with Crippen molar-refractivity contribution in [2.24, 2.45) is 0 Å². The predicted molar refractivity (Wildman–Crippen MR) is 86.1 cm³/mol. The maximum atomic E-state index is 3.56. The molecule has 0 spiro atoms. The molecule has 2 aliphatic rings. The summed E-state index contributed by atoms with van der Waals surface area (Å²) in [5, 5.41) is 10.6. The fraction of sp³-hybridized carbons (Fsp3) is 0.750. The number of nitrogens with one attached hydrogen (secondary N) is 3. The van der Waals surface area contributed by atoms with Crippen molar-refractivity contribution in [2.45, 2.75) is 19.3 Å². The Morgan fingerprint density at radius 2 is 1.60 bits per heavy atom. The van der Waals surface area contributed by atoms with Crippen molar-refractivity contribution in [3.8, 4) is 0 Å². The van der Waals surface area contributed by atoms with Crippen molar-refractivity contribution in [3.05, 3.63) is 23.8 Å². The summed E-state index contributed by atoms with van der Waals surface area (Å²) >= 11 is 0. The fourth-order valence-electron chi connectivity index (χ4n) is 2.72. The van der Waals surface area contributed by atoms with Crippen LogP contribution in [0.15, 0.2) is 23.8 Å². The van der Waals surface area contributed by atoms with Gasteiger partial charge in [0.15, 0.2) is 0 Å². The molecule has 1 saturated heterocycles. The number of rotatable bonds is 2. The maximum absolute atomic E-state index is 3.56. The molecule has 2 rings (SSSR count). The third kappa shape index (κ3) is 6.66. The van der Waals surface area contributed by atoms with Crippen molar-refractivity contribution in [1.82, 2.24) is 20.9 Å². The van der Waals surface area contributed by atoms with Gasteiger partial charge in [-0.15, -0.1) is 0 Å². The molecule has 20 heavy (non-hydrogen) atoms. The molecule has 4 heteroatoms. The summed E-state index contributed by atoms with van der Waals surface area (Å²) in [5.74, 6) is 0. The van der Waals surface area contributed by atoms with Gasteiger partial charge in [-0.3, -0.25) is 4.90 Å². The average molecular weight is 278 g/mol. The lowest BCUT2D eigenvalue weighted by Crippen LogP contribution is -2.37. The molecule has 0 radical (unpaired) electrons. The Kier molecular flexibility index (Phi) is 7.93. The van der Waals surface area contributed by atoms with Crippen molar-refractivity contribution in [1.29, 1.82) is 0 Å². The van der Waals surface area contributed by atoms with Gasteiger partial charge in [-0.2, -0.15) is 0 Å². The van der Waals surface area contributed by atoms with Crippen LogP contribution in [0.5, 0.6) is 0 Å². The van der Waals surface area contributed by atoms with Crippen molar-refractivity contribution in [2.75, 3.05) is 58.9 Å². The molecule has 114 valence electrons. The second-order valence-corrected chi connectivity index (χ2v) is 5.69. The molecule has 0 bridgehead atoms. The van der Waals surface area contributed by atoms with E-state index in [9.17, 15) is 0 Å². The minimum Gasteiger partial charge on any atom is -0.315 e. The van der Waals surface area contributed by atoms with E-state index in [1.54, 1.807) is 5.57 Å². The Labute approximate surface area is 123 Å². The molecule has 0 aromatic heterocycles. The van der Waals surface area contributed by atoms with E-state index in [0.717, 1.165) is 58.8 Å². The van der Waals surface area contributed by atoms with E-state index in [4.69, 9.17) is 0 Å². The van der Waals surface area contributed by atoms with Crippen LogP contribution in [0, 0.1) is 0 Å². The molecule has 3 N–H and O–H groups in total. The van der Waals surface area contributed by atoms with Crippen LogP contribution in [0.4, 0.5) is 0 Å². The summed E-state index contributed by atoms with van der Waals surface area (Å²) < 4.78 is 0. The zero-order chi connectivity index (χ0) is 13.9. The van der Waals surface area contributed by atoms with E-state index in [1.165, 1.54) is 19.4 Å². The van der Waals surface area contributed by atoms with Crippen LogP contribution in [-0.2, 0) is 0 Å². The van der Waals surface area contributed by atoms with Gasteiger partial charge in [0.1, 0.15) is 0 Å². The molecule has 1 heterocycles. The number of hydrogen-bond donors (Lipinski definition) is 3. The monoisotopic (exact) mass is 278 g/mol. The van der Waals surface area contributed by atoms with Gasteiger partial charge >= 0.3 is 0 Å². The Hall–Kier alpha value is -0.680. The minimum absolute atomic E-state index is 1.09. The molecule has 1 fully saturated rings. The first-order chi connectivity index (χ1) is 9.95. The second kappa shape index (κ2) is 10.1. The normalized spacial score (nSPS) is 24.3. The molecule has 1 aliphatic carbocycles. The first kappa shape index (κ1) is 15.7. The van der Waals surface area contributed by atoms with E-state index < -0.39 is 0 Å². The van der Waals surface area contributed by atoms with Gasteiger partial charge in [0.25, 0.3) is 0 Å². The maximum Gasteiger partial charge on any atom is 0.0199 e. The van der Waals surface area contributed by atoms with Gasteiger partial charge in [-0.1, -0.05) is 23.8 Å². The Balaban J connectivity index is 1.72. The molecule has 0 atom stereocenters. The van der Waals surface area contributed by atoms with Crippen LogP contribution in [0.25, 0.3) is 0 Å². The number of hydrogen-bond acceptors (Lipinski definition) is 4. The number of allylic oxidation sites excluding steroid dienone is 3. The van der Waals surface area contributed by atoms with Crippen LogP contribution in [-0.4, -0.2) is 63.8 Å². The molecule has 1 aliphatic heterocycles. The van der Waals surface area contributed by atoms with Crippen LogP contribution in [0.3, 0.4) is 0 Å². The predicted octanol–water partition coefficient (Wildman–Crippen LogP) is 0.737. The molecule has 0 saturated carbocycles. The highest BCUT2D eigenvalue weighted by Crippen LogP contribution is 2.11. The van der Waals surface area contributed by atoms with Gasteiger partial charge in [0, 0.05) is 32.7 Å². The van der Waals surface area contributed by atoms with Crippen molar-refractivity contribution in [3.63, 3.8) is 0 Å². The summed E-state index contributed by atoms with van der Waals surface area (Å²) in [4.78, 5) is 2.59. The highest BCUT2D eigenvalue weighted by atomic mass is 15.1. The van der Waals surface area contributed by atoms with Gasteiger partial charge in [0.05, 0.1) is 0 Å². The SMILES string of the molecule is C1=CCC(CN2CCCNCCNCCCNCC2)=C1. The minimum atomic E-state index is 1.09. The quantitative estimate of drug-likeness (QED) is 0.697. The summed E-state index contributed by atoms with van der Waals surface area (Å²) in [6.07, 6.45) is 10.3. The van der Waals surface area contributed by atoms with Gasteiger partial charge in [0.2, 0.25) is 0 Å². The van der Waals surface area contributed by atoms with Gasteiger partial charge < -0.3 is 16.0 Å². The van der Waals surface area contributed by atoms with E-state index >= 15 is 0 Å². The largest absolute Gasteiger partial charge is 0.315 e. The van der Waals surface area contributed by atoms with Crippen molar-refractivity contribution >= 4 is 0 Å². The molecular weight excluding hydrogens is 248 g/mol. The topological polar surface area (TPSA) is 39.3 Å². The lowest BCUT2D eigenvalue weighted by Gasteiger charge is -2.23. The van der Waals surface area contributed by atoms with Gasteiger partial charge in [-0.25, -0.2) is 0 Å². The lowest BCUT2D eigenvalue weighted by atomic mass is 10.2. The summed E-state index contributed by atoms with van der Waals surface area (Å²) in [5.41, 5.74) is 1.56. The summed E-state index contributed by atoms with van der Waals surface area (Å²) in [6.45, 7) is 10.1. The zero-order valence-corrected chi connectivity index (χ0v) is 12.7. The molecule has 4 nitrogen and oxygen atoms in total. The highest BCUT2D eigenvalue weighted by molar-refractivity contribution is 5.23. The first-order valence-corrected chi connectivity index (χ1v) is 8.14. The third-order valence-electron chi connectivity index (χ3n) is 3.89. The number of nitrogens with zero attached hydrogens (tertiary/aromatic N) is 1. The lowest BCUT2D eigenvalue weighted by molar-refractivity contribution is 0.287. The third-order valence-corrected chi connectivity index (χ3v) is 3.89. The van der Waals surface area contributed by atoms with Gasteiger partial charge in [-0.05, 0) is 45.4 Å². The molecule has 0 amide bonds. The Bertz CT molecular complexity index is 298. The Morgan fingerprint density at radius 1 is 0.850 bits per heavy atom. The van der Waals surface area contributed by atoms with E-state index in [1.807, 2.05) is 0 Å². The van der Waals surface area contributed by atoms with Crippen molar-refractivity contribution < 1.29 is 0 Å². The molecule has 0 aromatic rings. The first-order valence-electron chi connectivity index (χ1n) is 8.14. The smallest absolute Gasteiger partial charge is 0.0199 e.